The lowest BCUT2D eigenvalue weighted by atomic mass is 10.1. The van der Waals surface area contributed by atoms with Gasteiger partial charge in [-0.2, -0.15) is 0 Å². The van der Waals surface area contributed by atoms with Crippen LogP contribution >= 0.6 is 0 Å². The summed E-state index contributed by atoms with van der Waals surface area (Å²) in [4.78, 5) is 20.9. The number of rotatable bonds is 2. The highest BCUT2D eigenvalue weighted by molar-refractivity contribution is 5.39. The third kappa shape index (κ3) is 2.19. The molecule has 0 unspecified atom stereocenters. The van der Waals surface area contributed by atoms with Gasteiger partial charge in [-0.3, -0.25) is 9.97 Å². The standard InChI is InChI=1S/C10H10N4O/c11-9-8(6-13-10(15)14-9)4-7-2-1-3-12-5-7/h1-3,5-6H,4H2,(H3,11,13,14,15). The van der Waals surface area contributed by atoms with Crippen molar-refractivity contribution in [2.75, 3.05) is 5.73 Å². The first-order chi connectivity index (χ1) is 7.25. The Morgan fingerprint density at radius 2 is 2.27 bits per heavy atom. The number of pyridine rings is 1. The molecule has 2 aromatic heterocycles. The molecule has 5 heteroatoms. The van der Waals surface area contributed by atoms with Crippen LogP contribution in [0.4, 0.5) is 5.82 Å². The van der Waals surface area contributed by atoms with Gasteiger partial charge in [-0.05, 0) is 11.6 Å². The Hall–Kier alpha value is -2.17. The first kappa shape index (κ1) is 9.39. The van der Waals surface area contributed by atoms with Crippen molar-refractivity contribution in [3.63, 3.8) is 0 Å². The van der Waals surface area contributed by atoms with Gasteiger partial charge in [0.05, 0.1) is 0 Å². The zero-order valence-electron chi connectivity index (χ0n) is 7.97. The van der Waals surface area contributed by atoms with Crippen molar-refractivity contribution >= 4 is 5.82 Å². The number of hydrogen-bond acceptors (Lipinski definition) is 4. The van der Waals surface area contributed by atoms with E-state index in [9.17, 15) is 4.79 Å². The molecule has 2 heterocycles. The first-order valence-electron chi connectivity index (χ1n) is 4.48. The fraction of sp³-hybridized carbons (Fsp3) is 0.100. The molecule has 0 atom stereocenters. The predicted molar refractivity (Wildman–Crippen MR) is 56.3 cm³/mol. The number of nitrogens with zero attached hydrogens (tertiary/aromatic N) is 2. The molecule has 3 N–H and O–H groups in total. The van der Waals surface area contributed by atoms with Crippen LogP contribution in [0.25, 0.3) is 0 Å². The molecule has 0 spiro atoms. The average Bonchev–Trinajstić information content (AvgIpc) is 2.24. The van der Waals surface area contributed by atoms with Crippen molar-refractivity contribution in [1.29, 1.82) is 0 Å². The van der Waals surface area contributed by atoms with Crippen molar-refractivity contribution in [1.82, 2.24) is 15.0 Å². The van der Waals surface area contributed by atoms with Gasteiger partial charge in [-0.1, -0.05) is 6.07 Å². The Morgan fingerprint density at radius 1 is 1.40 bits per heavy atom. The van der Waals surface area contributed by atoms with Gasteiger partial charge >= 0.3 is 5.69 Å². The molecule has 0 aliphatic heterocycles. The molecule has 0 radical (unpaired) electrons. The molecular weight excluding hydrogens is 192 g/mol. The van der Waals surface area contributed by atoms with E-state index < -0.39 is 5.69 Å². The van der Waals surface area contributed by atoms with Crippen LogP contribution in [-0.2, 0) is 6.42 Å². The van der Waals surface area contributed by atoms with Crippen molar-refractivity contribution in [3.05, 3.63) is 52.3 Å². The normalized spacial score (nSPS) is 10.1. The van der Waals surface area contributed by atoms with Gasteiger partial charge in [0, 0.05) is 30.6 Å². The molecule has 0 aliphatic carbocycles. The van der Waals surface area contributed by atoms with Crippen molar-refractivity contribution in [2.45, 2.75) is 6.42 Å². The van der Waals surface area contributed by atoms with Crippen molar-refractivity contribution in [2.24, 2.45) is 0 Å². The average molecular weight is 202 g/mol. The number of nitrogens with two attached hydrogens (primary N) is 1. The Bertz CT molecular complexity index is 506. The van der Waals surface area contributed by atoms with Crippen LogP contribution in [-0.4, -0.2) is 15.0 Å². The molecule has 0 aliphatic rings. The summed E-state index contributed by atoms with van der Waals surface area (Å²) in [6.07, 6.45) is 5.56. The summed E-state index contributed by atoms with van der Waals surface area (Å²) < 4.78 is 0. The minimum Gasteiger partial charge on any atom is -0.385 e. The van der Waals surface area contributed by atoms with Crippen LogP contribution in [0.2, 0.25) is 0 Å². The maximum atomic E-state index is 10.8. The number of H-pyrrole nitrogens is 1. The predicted octanol–water partition coefficient (Wildman–Crippen LogP) is 0.338. The van der Waals surface area contributed by atoms with Gasteiger partial charge in [-0.25, -0.2) is 9.78 Å². The molecule has 0 saturated carbocycles. The van der Waals surface area contributed by atoms with Gasteiger partial charge in [-0.15, -0.1) is 0 Å². The van der Waals surface area contributed by atoms with Crippen LogP contribution in [0, 0.1) is 0 Å². The highest BCUT2D eigenvalue weighted by Gasteiger charge is 2.02. The third-order valence-corrected chi connectivity index (χ3v) is 2.04. The fourth-order valence-corrected chi connectivity index (χ4v) is 1.30. The summed E-state index contributed by atoms with van der Waals surface area (Å²) in [5, 5.41) is 0. The highest BCUT2D eigenvalue weighted by Crippen LogP contribution is 2.10. The molecule has 5 nitrogen and oxygen atoms in total. The number of aromatic nitrogens is 3. The SMILES string of the molecule is Nc1[nH]c(=O)ncc1Cc1cccnc1. The topological polar surface area (TPSA) is 84.7 Å². The monoisotopic (exact) mass is 202 g/mol. The third-order valence-electron chi connectivity index (χ3n) is 2.04. The Balaban J connectivity index is 2.29. The summed E-state index contributed by atoms with van der Waals surface area (Å²) >= 11 is 0. The van der Waals surface area contributed by atoms with Gasteiger partial charge in [0.1, 0.15) is 5.82 Å². The van der Waals surface area contributed by atoms with E-state index in [4.69, 9.17) is 5.73 Å². The molecule has 2 rings (SSSR count). The van der Waals surface area contributed by atoms with E-state index >= 15 is 0 Å². The molecule has 15 heavy (non-hydrogen) atoms. The molecule has 0 fully saturated rings. The number of hydrogen-bond donors (Lipinski definition) is 2. The molecule has 76 valence electrons. The second-order valence-corrected chi connectivity index (χ2v) is 3.17. The summed E-state index contributed by atoms with van der Waals surface area (Å²) in [5.41, 5.74) is 7.05. The zero-order valence-corrected chi connectivity index (χ0v) is 7.97. The number of anilines is 1. The Morgan fingerprint density at radius 3 is 2.93 bits per heavy atom. The molecule has 2 aromatic rings. The van der Waals surface area contributed by atoms with Crippen LogP contribution in [0.5, 0.6) is 0 Å². The maximum Gasteiger partial charge on any atom is 0.346 e. The second kappa shape index (κ2) is 3.91. The van der Waals surface area contributed by atoms with Crippen LogP contribution in [0.3, 0.4) is 0 Å². The lowest BCUT2D eigenvalue weighted by molar-refractivity contribution is 1.02. The van der Waals surface area contributed by atoms with Crippen molar-refractivity contribution in [3.8, 4) is 0 Å². The van der Waals surface area contributed by atoms with Crippen LogP contribution < -0.4 is 11.4 Å². The summed E-state index contributed by atoms with van der Waals surface area (Å²) in [5.74, 6) is 0.360. The van der Waals surface area contributed by atoms with Gasteiger partial charge in [0.25, 0.3) is 0 Å². The van der Waals surface area contributed by atoms with E-state index in [0.717, 1.165) is 11.1 Å². The number of nitrogen functional groups attached to an aromatic ring is 1. The second-order valence-electron chi connectivity index (χ2n) is 3.17. The molecular formula is C10H10N4O. The quantitative estimate of drug-likeness (QED) is 0.735. The number of aromatic amines is 1. The minimum atomic E-state index is -0.428. The van der Waals surface area contributed by atoms with Gasteiger partial charge in [0.2, 0.25) is 0 Å². The molecule has 0 saturated heterocycles. The van der Waals surface area contributed by atoms with Crippen LogP contribution in [0.1, 0.15) is 11.1 Å². The van der Waals surface area contributed by atoms with Crippen molar-refractivity contribution < 1.29 is 0 Å². The van der Waals surface area contributed by atoms with Gasteiger partial charge < -0.3 is 5.73 Å². The lowest BCUT2D eigenvalue weighted by Gasteiger charge is -2.03. The summed E-state index contributed by atoms with van der Waals surface area (Å²) in [6, 6.07) is 3.79. The van der Waals surface area contributed by atoms with E-state index in [0.29, 0.717) is 12.2 Å². The maximum absolute atomic E-state index is 10.8. The molecule has 0 bridgehead atoms. The summed E-state index contributed by atoms with van der Waals surface area (Å²) in [6.45, 7) is 0. The van der Waals surface area contributed by atoms with E-state index in [1.54, 1.807) is 12.4 Å². The Kier molecular flexibility index (Phi) is 2.45. The minimum absolute atomic E-state index is 0.360. The fourth-order valence-electron chi connectivity index (χ4n) is 1.30. The van der Waals surface area contributed by atoms with E-state index in [1.165, 1.54) is 6.20 Å². The van der Waals surface area contributed by atoms with E-state index in [2.05, 4.69) is 15.0 Å². The Labute approximate surface area is 86.0 Å². The van der Waals surface area contributed by atoms with E-state index in [1.807, 2.05) is 12.1 Å². The summed E-state index contributed by atoms with van der Waals surface area (Å²) in [7, 11) is 0. The first-order valence-corrected chi connectivity index (χ1v) is 4.48. The molecule has 0 aromatic carbocycles. The van der Waals surface area contributed by atoms with E-state index in [-0.39, 0.29) is 0 Å². The highest BCUT2D eigenvalue weighted by atomic mass is 16.1. The smallest absolute Gasteiger partial charge is 0.346 e. The largest absolute Gasteiger partial charge is 0.385 e. The lowest BCUT2D eigenvalue weighted by Crippen LogP contribution is -2.14. The van der Waals surface area contributed by atoms with Crippen LogP contribution in [0.15, 0.2) is 35.5 Å². The molecule has 0 amide bonds. The number of nitrogens with one attached hydrogen (secondary N) is 1. The van der Waals surface area contributed by atoms with Gasteiger partial charge in [0.15, 0.2) is 0 Å². The zero-order chi connectivity index (χ0) is 10.7.